The molecule has 0 aromatic carbocycles. The van der Waals surface area contributed by atoms with Gasteiger partial charge in [-0.25, -0.2) is 0 Å². The van der Waals surface area contributed by atoms with Crippen molar-refractivity contribution in [2.75, 3.05) is 0 Å². The summed E-state index contributed by atoms with van der Waals surface area (Å²) in [6.45, 7) is 6.48. The Morgan fingerprint density at radius 3 is 2.29 bits per heavy atom. The summed E-state index contributed by atoms with van der Waals surface area (Å²) in [5.41, 5.74) is 0. The highest BCUT2D eigenvalue weighted by molar-refractivity contribution is 4.81. The van der Waals surface area contributed by atoms with E-state index < -0.39 is 0 Å². The molecule has 0 fully saturated rings. The zero-order chi connectivity index (χ0) is 5.70. The highest BCUT2D eigenvalue weighted by atomic mass is 13.9. The van der Waals surface area contributed by atoms with Gasteiger partial charge in [0.1, 0.15) is 0 Å². The monoisotopic (exact) mass is 98.1 g/mol. The van der Waals surface area contributed by atoms with Crippen LogP contribution in [-0.4, -0.2) is 0 Å². The summed E-state index contributed by atoms with van der Waals surface area (Å²) < 4.78 is 0. The molecule has 0 unspecified atom stereocenters. The second-order valence-electron chi connectivity index (χ2n) is 1.91. The van der Waals surface area contributed by atoms with Crippen LogP contribution >= 0.6 is 0 Å². The molecule has 0 radical (unpaired) electrons. The molecule has 0 aliphatic carbocycles. The van der Waals surface area contributed by atoms with E-state index in [1.165, 1.54) is 6.42 Å². The molecular weight excluding hydrogens is 84.1 g/mol. The van der Waals surface area contributed by atoms with E-state index in [2.05, 4.69) is 32.9 Å². The molecule has 0 aliphatic rings. The van der Waals surface area contributed by atoms with Crippen molar-refractivity contribution in [3.63, 3.8) is 0 Å². The molecule has 0 N–H and O–H groups in total. The topological polar surface area (TPSA) is 0 Å². The van der Waals surface area contributed by atoms with Gasteiger partial charge in [-0.05, 0) is 12.8 Å². The van der Waals surface area contributed by atoms with Gasteiger partial charge >= 0.3 is 0 Å². The quantitative estimate of drug-likeness (QED) is 0.466. The standard InChI is InChI=1S/C7H14/c1-4-6-7(3)5-2/h4,6-7H,5H2,1-3H3/b6-4+/t7-/m0/s1. The van der Waals surface area contributed by atoms with E-state index in [1.807, 2.05) is 0 Å². The fourth-order valence-corrected chi connectivity index (χ4v) is 0.465. The minimum atomic E-state index is 0.769. The Morgan fingerprint density at radius 1 is 1.57 bits per heavy atom. The molecule has 0 rings (SSSR count). The SMILES string of the molecule is C/C=C/[C@@H](C)CC. The maximum Gasteiger partial charge on any atom is -0.0265 e. The number of hydrogen-bond donors (Lipinski definition) is 0. The van der Waals surface area contributed by atoms with Crippen LogP contribution in [0.3, 0.4) is 0 Å². The Hall–Kier alpha value is -0.260. The number of allylic oxidation sites excluding steroid dienone is 2. The van der Waals surface area contributed by atoms with Crippen LogP contribution in [-0.2, 0) is 0 Å². The Balaban J connectivity index is 3.16. The molecule has 0 aliphatic heterocycles. The lowest BCUT2D eigenvalue weighted by Gasteiger charge is -1.95. The minimum absolute atomic E-state index is 0.769. The van der Waals surface area contributed by atoms with E-state index in [0.717, 1.165) is 5.92 Å². The summed E-state index contributed by atoms with van der Waals surface area (Å²) in [7, 11) is 0. The van der Waals surface area contributed by atoms with Crippen LogP contribution in [0.15, 0.2) is 12.2 Å². The molecule has 0 spiro atoms. The van der Waals surface area contributed by atoms with Gasteiger partial charge in [0.05, 0.1) is 0 Å². The molecule has 0 heterocycles. The molecule has 42 valence electrons. The van der Waals surface area contributed by atoms with Crippen LogP contribution in [0.5, 0.6) is 0 Å². The van der Waals surface area contributed by atoms with Crippen LogP contribution in [0.25, 0.3) is 0 Å². The first-order valence-corrected chi connectivity index (χ1v) is 2.94. The summed E-state index contributed by atoms with van der Waals surface area (Å²) in [5.74, 6) is 0.769. The normalized spacial score (nSPS) is 15.3. The van der Waals surface area contributed by atoms with Crippen molar-refractivity contribution >= 4 is 0 Å². The van der Waals surface area contributed by atoms with E-state index in [0.29, 0.717) is 0 Å². The van der Waals surface area contributed by atoms with Crippen LogP contribution in [0.2, 0.25) is 0 Å². The average molecular weight is 98.2 g/mol. The van der Waals surface area contributed by atoms with Gasteiger partial charge in [-0.15, -0.1) is 0 Å². The Bertz CT molecular complexity index is 53.1. The van der Waals surface area contributed by atoms with Gasteiger partial charge in [-0.3, -0.25) is 0 Å². The first-order chi connectivity index (χ1) is 3.31. The average Bonchev–Trinajstić information content (AvgIpc) is 1.68. The summed E-state index contributed by atoms with van der Waals surface area (Å²) in [6, 6.07) is 0. The van der Waals surface area contributed by atoms with Crippen molar-refractivity contribution in [1.29, 1.82) is 0 Å². The molecule has 0 bridgehead atoms. The van der Waals surface area contributed by atoms with Crippen molar-refractivity contribution in [2.24, 2.45) is 5.92 Å². The van der Waals surface area contributed by atoms with E-state index in [1.54, 1.807) is 0 Å². The lowest BCUT2D eigenvalue weighted by Crippen LogP contribution is -1.81. The predicted octanol–water partition coefficient (Wildman–Crippen LogP) is 2.61. The molecular formula is C7H14. The van der Waals surface area contributed by atoms with Crippen LogP contribution in [0.1, 0.15) is 27.2 Å². The smallest absolute Gasteiger partial charge is 0.0265 e. The third-order valence-corrected chi connectivity index (χ3v) is 1.16. The van der Waals surface area contributed by atoms with Gasteiger partial charge in [0.25, 0.3) is 0 Å². The molecule has 1 atom stereocenters. The fourth-order valence-electron chi connectivity index (χ4n) is 0.465. The van der Waals surface area contributed by atoms with Crippen molar-refractivity contribution < 1.29 is 0 Å². The highest BCUT2D eigenvalue weighted by Gasteiger charge is 1.85. The number of hydrogen-bond acceptors (Lipinski definition) is 0. The molecule has 7 heavy (non-hydrogen) atoms. The second-order valence-corrected chi connectivity index (χ2v) is 1.91. The van der Waals surface area contributed by atoms with Gasteiger partial charge in [0, 0.05) is 0 Å². The van der Waals surface area contributed by atoms with Gasteiger partial charge in [-0.2, -0.15) is 0 Å². The minimum Gasteiger partial charge on any atom is -0.0914 e. The van der Waals surface area contributed by atoms with Gasteiger partial charge in [0.15, 0.2) is 0 Å². The van der Waals surface area contributed by atoms with E-state index >= 15 is 0 Å². The first kappa shape index (κ1) is 6.74. The summed E-state index contributed by atoms with van der Waals surface area (Å²) in [6.07, 6.45) is 5.58. The van der Waals surface area contributed by atoms with Crippen molar-refractivity contribution in [3.05, 3.63) is 12.2 Å². The molecule has 0 aromatic heterocycles. The fraction of sp³-hybridized carbons (Fsp3) is 0.714. The first-order valence-electron chi connectivity index (χ1n) is 2.94. The molecule has 0 heteroatoms. The largest absolute Gasteiger partial charge is 0.0914 e. The Labute approximate surface area is 46.2 Å². The van der Waals surface area contributed by atoms with Gasteiger partial charge in [-0.1, -0.05) is 32.4 Å². The van der Waals surface area contributed by atoms with E-state index in [9.17, 15) is 0 Å². The molecule has 0 amide bonds. The van der Waals surface area contributed by atoms with Crippen molar-refractivity contribution in [1.82, 2.24) is 0 Å². The Morgan fingerprint density at radius 2 is 2.14 bits per heavy atom. The third kappa shape index (κ3) is 3.57. The second kappa shape index (κ2) is 3.91. The van der Waals surface area contributed by atoms with Gasteiger partial charge < -0.3 is 0 Å². The maximum absolute atomic E-state index is 2.22. The van der Waals surface area contributed by atoms with Gasteiger partial charge in [0.2, 0.25) is 0 Å². The zero-order valence-electron chi connectivity index (χ0n) is 5.44. The molecule has 0 aromatic rings. The van der Waals surface area contributed by atoms with E-state index in [-0.39, 0.29) is 0 Å². The summed E-state index contributed by atoms with van der Waals surface area (Å²) in [4.78, 5) is 0. The van der Waals surface area contributed by atoms with Crippen molar-refractivity contribution in [2.45, 2.75) is 27.2 Å². The van der Waals surface area contributed by atoms with E-state index in [4.69, 9.17) is 0 Å². The Kier molecular flexibility index (Phi) is 3.77. The summed E-state index contributed by atoms with van der Waals surface area (Å²) >= 11 is 0. The van der Waals surface area contributed by atoms with Crippen molar-refractivity contribution in [3.8, 4) is 0 Å². The van der Waals surface area contributed by atoms with Crippen LogP contribution in [0, 0.1) is 5.92 Å². The van der Waals surface area contributed by atoms with Crippen LogP contribution in [0.4, 0.5) is 0 Å². The maximum atomic E-state index is 2.22. The third-order valence-electron chi connectivity index (χ3n) is 1.16. The lowest BCUT2D eigenvalue weighted by atomic mass is 10.1. The highest BCUT2D eigenvalue weighted by Crippen LogP contribution is 2.00. The number of rotatable bonds is 2. The zero-order valence-corrected chi connectivity index (χ0v) is 5.44. The molecule has 0 saturated heterocycles. The molecule has 0 nitrogen and oxygen atoms in total. The van der Waals surface area contributed by atoms with Crippen LogP contribution < -0.4 is 0 Å². The summed E-state index contributed by atoms with van der Waals surface area (Å²) in [5, 5.41) is 0. The lowest BCUT2D eigenvalue weighted by molar-refractivity contribution is 0.697. The molecule has 0 saturated carbocycles. The predicted molar refractivity (Wildman–Crippen MR) is 34.3 cm³/mol.